The third-order valence-corrected chi connectivity index (χ3v) is 8.48. The molecule has 0 spiro atoms. The van der Waals surface area contributed by atoms with E-state index < -0.39 is 11.8 Å². The van der Waals surface area contributed by atoms with Gasteiger partial charge in [0.05, 0.1) is 19.5 Å². The van der Waals surface area contributed by atoms with Gasteiger partial charge in [-0.15, -0.1) is 11.8 Å². The van der Waals surface area contributed by atoms with Crippen molar-refractivity contribution in [2.75, 3.05) is 24.9 Å². The molecule has 0 bridgehead atoms. The summed E-state index contributed by atoms with van der Waals surface area (Å²) in [5, 5.41) is 9.35. The number of H-pyrrole nitrogens is 1. The SMILES string of the molecule is CCC(Sc1cccc(NC(=O)/C(=C\c2cc(OC)ccc2OC)NC(=O)c2ccccc2)c1)C(=O)Nc1ccc2cc[nH]c2c1. The number of methoxy groups -OCH3 is 2. The van der Waals surface area contributed by atoms with Gasteiger partial charge >= 0.3 is 0 Å². The van der Waals surface area contributed by atoms with Crippen LogP contribution in [0.3, 0.4) is 0 Å². The molecule has 4 aromatic carbocycles. The van der Waals surface area contributed by atoms with Crippen molar-refractivity contribution in [1.29, 1.82) is 0 Å². The van der Waals surface area contributed by atoms with Gasteiger partial charge in [0.2, 0.25) is 5.91 Å². The number of carbonyl (C=O) groups is 3. The summed E-state index contributed by atoms with van der Waals surface area (Å²) >= 11 is 1.40. The smallest absolute Gasteiger partial charge is 0.272 e. The van der Waals surface area contributed by atoms with Crippen molar-refractivity contribution in [3.8, 4) is 11.5 Å². The molecule has 46 heavy (non-hydrogen) atoms. The molecule has 3 amide bonds. The summed E-state index contributed by atoms with van der Waals surface area (Å²) in [6.45, 7) is 1.95. The number of aromatic amines is 1. The molecule has 1 heterocycles. The van der Waals surface area contributed by atoms with Crippen molar-refractivity contribution < 1.29 is 23.9 Å². The van der Waals surface area contributed by atoms with Crippen LogP contribution < -0.4 is 25.4 Å². The molecule has 0 saturated carbocycles. The molecule has 0 aliphatic rings. The van der Waals surface area contributed by atoms with Gasteiger partial charge < -0.3 is 30.4 Å². The van der Waals surface area contributed by atoms with Crippen molar-refractivity contribution in [2.45, 2.75) is 23.5 Å². The largest absolute Gasteiger partial charge is 0.497 e. The number of anilines is 2. The molecule has 0 radical (unpaired) electrons. The highest BCUT2D eigenvalue weighted by Crippen LogP contribution is 2.30. The predicted octanol–water partition coefficient (Wildman–Crippen LogP) is 7.10. The van der Waals surface area contributed by atoms with Gasteiger partial charge in [0, 0.05) is 39.1 Å². The average molecular weight is 635 g/mol. The molecule has 0 aliphatic heterocycles. The quantitative estimate of drug-likeness (QED) is 0.0858. The number of carbonyl (C=O) groups excluding carboxylic acids is 3. The number of hydrogen-bond donors (Lipinski definition) is 4. The molecular weight excluding hydrogens is 600 g/mol. The lowest BCUT2D eigenvalue weighted by Gasteiger charge is -2.16. The topological polar surface area (TPSA) is 122 Å². The van der Waals surface area contributed by atoms with E-state index in [1.54, 1.807) is 73.8 Å². The standard InChI is InChI=1S/C36H34N4O5S/c1-4-33(36(43)39-27-14-13-23-17-18-37-30(23)22-27)46-29-12-8-11-26(21-29)38-35(42)31(40-34(41)24-9-6-5-7-10-24)20-25-19-28(44-2)15-16-32(25)45-3/h5-22,33,37H,4H2,1-3H3,(H,38,42)(H,39,43)(H,40,41)/b31-20+. The average Bonchev–Trinajstić information content (AvgIpc) is 3.55. The second kappa shape index (κ2) is 15.0. The first-order valence-electron chi connectivity index (χ1n) is 14.6. The lowest BCUT2D eigenvalue weighted by molar-refractivity contribution is -0.116. The third kappa shape index (κ3) is 7.96. The van der Waals surface area contributed by atoms with E-state index in [4.69, 9.17) is 9.47 Å². The van der Waals surface area contributed by atoms with Crippen molar-refractivity contribution in [2.24, 2.45) is 0 Å². The Bertz CT molecular complexity index is 1890. The zero-order chi connectivity index (χ0) is 32.5. The zero-order valence-corrected chi connectivity index (χ0v) is 26.4. The molecule has 9 nitrogen and oxygen atoms in total. The third-order valence-electron chi connectivity index (χ3n) is 7.12. The minimum atomic E-state index is -0.541. The summed E-state index contributed by atoms with van der Waals surface area (Å²) < 4.78 is 10.8. The highest BCUT2D eigenvalue weighted by Gasteiger charge is 2.20. The van der Waals surface area contributed by atoms with Crippen LogP contribution in [-0.2, 0) is 9.59 Å². The van der Waals surface area contributed by atoms with Crippen LogP contribution in [0.15, 0.2) is 114 Å². The molecule has 0 fully saturated rings. The molecule has 4 N–H and O–H groups in total. The second-order valence-corrected chi connectivity index (χ2v) is 11.5. The van der Waals surface area contributed by atoms with Crippen LogP contribution in [-0.4, -0.2) is 42.2 Å². The number of ether oxygens (including phenoxy) is 2. The molecule has 1 unspecified atom stereocenters. The lowest BCUT2D eigenvalue weighted by Crippen LogP contribution is -2.30. The Morgan fingerprint density at radius 1 is 0.848 bits per heavy atom. The number of benzene rings is 4. The van der Waals surface area contributed by atoms with Gasteiger partial charge in [0.1, 0.15) is 17.2 Å². The Morgan fingerprint density at radius 2 is 1.65 bits per heavy atom. The Morgan fingerprint density at radius 3 is 2.41 bits per heavy atom. The van der Waals surface area contributed by atoms with E-state index in [0.29, 0.717) is 40.4 Å². The van der Waals surface area contributed by atoms with Gasteiger partial charge in [-0.2, -0.15) is 0 Å². The number of nitrogens with one attached hydrogen (secondary N) is 4. The molecule has 5 aromatic rings. The molecule has 0 saturated heterocycles. The molecule has 1 aromatic heterocycles. The summed E-state index contributed by atoms with van der Waals surface area (Å²) in [5.74, 6) is -0.0458. The van der Waals surface area contributed by atoms with Gasteiger partial charge in [0.15, 0.2) is 0 Å². The minimum Gasteiger partial charge on any atom is -0.497 e. The van der Waals surface area contributed by atoms with Crippen LogP contribution in [0.2, 0.25) is 0 Å². The van der Waals surface area contributed by atoms with E-state index in [1.165, 1.54) is 24.9 Å². The van der Waals surface area contributed by atoms with Crippen LogP contribution >= 0.6 is 11.8 Å². The lowest BCUT2D eigenvalue weighted by atomic mass is 10.1. The fraction of sp³-hybridized carbons (Fsp3) is 0.139. The Balaban J connectivity index is 1.34. The molecular formula is C36H34N4O5S. The highest BCUT2D eigenvalue weighted by molar-refractivity contribution is 8.00. The summed E-state index contributed by atoms with van der Waals surface area (Å²) in [7, 11) is 3.06. The van der Waals surface area contributed by atoms with E-state index in [-0.39, 0.29) is 16.9 Å². The number of thioether (sulfide) groups is 1. The van der Waals surface area contributed by atoms with Crippen molar-refractivity contribution >= 4 is 57.8 Å². The normalized spacial score (nSPS) is 11.8. The van der Waals surface area contributed by atoms with Crippen LogP contribution in [0, 0.1) is 0 Å². The molecule has 10 heteroatoms. The monoisotopic (exact) mass is 634 g/mol. The fourth-order valence-electron chi connectivity index (χ4n) is 4.73. The van der Waals surface area contributed by atoms with Gasteiger partial charge in [-0.3, -0.25) is 14.4 Å². The van der Waals surface area contributed by atoms with Crippen LogP contribution in [0.25, 0.3) is 17.0 Å². The summed E-state index contributed by atoms with van der Waals surface area (Å²) in [4.78, 5) is 43.9. The molecule has 5 rings (SSSR count). The van der Waals surface area contributed by atoms with Gasteiger partial charge in [-0.05, 0) is 84.6 Å². The summed E-state index contributed by atoms with van der Waals surface area (Å²) in [6.07, 6.45) is 4.00. The Kier molecular flexibility index (Phi) is 10.4. The maximum absolute atomic E-state index is 13.7. The van der Waals surface area contributed by atoms with E-state index in [2.05, 4.69) is 20.9 Å². The number of fused-ring (bicyclic) bond motifs is 1. The number of amides is 3. The van der Waals surface area contributed by atoms with Crippen molar-refractivity contribution in [1.82, 2.24) is 10.3 Å². The van der Waals surface area contributed by atoms with Crippen molar-refractivity contribution in [3.05, 3.63) is 120 Å². The number of aromatic nitrogens is 1. The van der Waals surface area contributed by atoms with Gasteiger partial charge in [-0.1, -0.05) is 37.3 Å². The van der Waals surface area contributed by atoms with Crippen LogP contribution in [0.4, 0.5) is 11.4 Å². The first kappa shape index (κ1) is 31.9. The van der Waals surface area contributed by atoms with E-state index in [9.17, 15) is 14.4 Å². The van der Waals surface area contributed by atoms with E-state index in [1.807, 2.05) is 43.5 Å². The molecule has 0 aliphatic carbocycles. The number of hydrogen-bond acceptors (Lipinski definition) is 6. The molecule has 1 atom stereocenters. The predicted molar refractivity (Wildman–Crippen MR) is 183 cm³/mol. The fourth-order valence-corrected chi connectivity index (χ4v) is 5.74. The Hall–Kier alpha value is -5.48. The minimum absolute atomic E-state index is 0.00307. The maximum Gasteiger partial charge on any atom is 0.272 e. The zero-order valence-electron chi connectivity index (χ0n) is 25.6. The second-order valence-electron chi connectivity index (χ2n) is 10.3. The first-order chi connectivity index (χ1) is 22.4. The van der Waals surface area contributed by atoms with Gasteiger partial charge in [-0.25, -0.2) is 0 Å². The van der Waals surface area contributed by atoms with Crippen molar-refractivity contribution in [3.63, 3.8) is 0 Å². The van der Waals surface area contributed by atoms with Crippen LogP contribution in [0.5, 0.6) is 11.5 Å². The van der Waals surface area contributed by atoms with E-state index >= 15 is 0 Å². The summed E-state index contributed by atoms with van der Waals surface area (Å²) in [6, 6.07) is 28.8. The van der Waals surface area contributed by atoms with Gasteiger partial charge in [0.25, 0.3) is 11.8 Å². The molecule has 234 valence electrons. The van der Waals surface area contributed by atoms with Crippen LogP contribution in [0.1, 0.15) is 29.3 Å². The van der Waals surface area contributed by atoms with E-state index in [0.717, 1.165) is 15.8 Å². The Labute approximate surface area is 271 Å². The highest BCUT2D eigenvalue weighted by atomic mass is 32.2. The summed E-state index contributed by atoms with van der Waals surface area (Å²) in [5.41, 5.74) is 3.10. The maximum atomic E-state index is 13.7. The first-order valence-corrected chi connectivity index (χ1v) is 15.5. The number of rotatable bonds is 12.